The second-order valence-corrected chi connectivity index (χ2v) is 5.26. The molecule has 1 atom stereocenters. The number of alkyl halides is 3. The number of cyclic esters (lactones) is 1. The summed E-state index contributed by atoms with van der Waals surface area (Å²) in [6, 6.07) is 5.13. The lowest BCUT2D eigenvalue weighted by Gasteiger charge is -2.38. The minimum Gasteiger partial charge on any atom is -0.449 e. The van der Waals surface area contributed by atoms with Crippen LogP contribution in [0.1, 0.15) is 25.5 Å². The molecule has 0 saturated carbocycles. The summed E-state index contributed by atoms with van der Waals surface area (Å²) in [6.45, 7) is 3.90. The molecule has 1 aromatic carbocycles. The molecule has 1 aliphatic heterocycles. The van der Waals surface area contributed by atoms with Gasteiger partial charge in [-0.05, 0) is 17.7 Å². The van der Waals surface area contributed by atoms with Crippen molar-refractivity contribution in [2.24, 2.45) is 5.41 Å². The number of carbonyl (C=O) groups is 1. The number of nitrogens with one attached hydrogen (secondary N) is 1. The van der Waals surface area contributed by atoms with Crippen molar-refractivity contribution in [3.63, 3.8) is 0 Å². The molecule has 0 spiro atoms. The van der Waals surface area contributed by atoms with Crippen molar-refractivity contribution in [2.45, 2.75) is 26.3 Å². The number of hydrogen-bond donors (Lipinski definition) is 1. The highest BCUT2D eigenvalue weighted by atomic mass is 35.5. The summed E-state index contributed by atoms with van der Waals surface area (Å²) in [5.74, 6) is -0.313. The van der Waals surface area contributed by atoms with Crippen LogP contribution in [0, 0.1) is 5.41 Å². The number of amides is 1. The summed E-state index contributed by atoms with van der Waals surface area (Å²) in [7, 11) is 0. The number of alkyl carbamates (subject to hydrolysis) is 1. The Labute approximate surface area is 126 Å². The first kappa shape index (κ1) is 17.4. The average Bonchev–Trinajstić information content (AvgIpc) is 2.30. The molecule has 2 rings (SSSR count). The molecule has 1 heterocycles. The highest BCUT2D eigenvalue weighted by Gasteiger charge is 2.38. The van der Waals surface area contributed by atoms with Crippen LogP contribution < -0.4 is 10.1 Å². The zero-order valence-corrected chi connectivity index (χ0v) is 12.2. The normalized spacial score (nSPS) is 20.8. The van der Waals surface area contributed by atoms with Gasteiger partial charge in [0, 0.05) is 5.41 Å². The minimum atomic E-state index is -4.74. The standard InChI is InChI=1S/C13H14F3NO3.ClH/c1-12(2)7-19-11(18)17-10(12)8-4-3-5-9(6-8)20-13(14,15)16;/h3-6,10H,7H2,1-2H3,(H,17,18);1H/t10-;/m0./s1. The van der Waals surface area contributed by atoms with Crippen molar-refractivity contribution in [2.75, 3.05) is 6.61 Å². The van der Waals surface area contributed by atoms with Gasteiger partial charge in [0.2, 0.25) is 0 Å². The summed E-state index contributed by atoms with van der Waals surface area (Å²) in [4.78, 5) is 11.3. The lowest BCUT2D eigenvalue weighted by atomic mass is 9.80. The smallest absolute Gasteiger partial charge is 0.449 e. The average molecular weight is 326 g/mol. The molecular weight excluding hydrogens is 311 g/mol. The van der Waals surface area contributed by atoms with E-state index < -0.39 is 23.9 Å². The maximum Gasteiger partial charge on any atom is 0.573 e. The van der Waals surface area contributed by atoms with Gasteiger partial charge in [-0.2, -0.15) is 0 Å². The Bertz CT molecular complexity index is 520. The van der Waals surface area contributed by atoms with Gasteiger partial charge in [0.15, 0.2) is 0 Å². The number of ether oxygens (including phenoxy) is 2. The molecular formula is C13H15ClF3NO3. The third-order valence-electron chi connectivity index (χ3n) is 3.04. The van der Waals surface area contributed by atoms with E-state index in [1.807, 2.05) is 13.8 Å². The molecule has 21 heavy (non-hydrogen) atoms. The third kappa shape index (κ3) is 4.42. The molecule has 1 N–H and O–H groups in total. The van der Waals surface area contributed by atoms with Gasteiger partial charge in [0.1, 0.15) is 12.4 Å². The first-order valence-corrected chi connectivity index (χ1v) is 5.96. The molecule has 0 radical (unpaired) electrons. The summed E-state index contributed by atoms with van der Waals surface area (Å²) in [5, 5.41) is 2.62. The van der Waals surface area contributed by atoms with Gasteiger partial charge in [0.25, 0.3) is 0 Å². The fourth-order valence-electron chi connectivity index (χ4n) is 2.12. The summed E-state index contributed by atoms with van der Waals surface area (Å²) < 4.78 is 45.4. The van der Waals surface area contributed by atoms with E-state index in [9.17, 15) is 18.0 Å². The maximum absolute atomic E-state index is 12.2. The van der Waals surface area contributed by atoms with Crippen LogP contribution in [-0.2, 0) is 4.74 Å². The highest BCUT2D eigenvalue weighted by Crippen LogP contribution is 2.37. The number of benzene rings is 1. The Balaban J connectivity index is 0.00000220. The summed E-state index contributed by atoms with van der Waals surface area (Å²) in [5.41, 5.74) is 0.0958. The second kappa shape index (κ2) is 6.01. The van der Waals surface area contributed by atoms with E-state index in [1.54, 1.807) is 6.07 Å². The first-order chi connectivity index (χ1) is 9.17. The molecule has 1 aliphatic rings. The Kier molecular flexibility index (Phi) is 4.99. The highest BCUT2D eigenvalue weighted by molar-refractivity contribution is 5.85. The molecule has 1 saturated heterocycles. The van der Waals surface area contributed by atoms with E-state index in [1.165, 1.54) is 18.2 Å². The molecule has 0 aliphatic carbocycles. The minimum absolute atomic E-state index is 0. The van der Waals surface area contributed by atoms with Gasteiger partial charge in [0.05, 0.1) is 6.04 Å². The molecule has 1 aromatic rings. The lowest BCUT2D eigenvalue weighted by Crippen LogP contribution is -2.46. The number of hydrogen-bond acceptors (Lipinski definition) is 3. The number of rotatable bonds is 2. The van der Waals surface area contributed by atoms with Crippen LogP contribution in [0.4, 0.5) is 18.0 Å². The maximum atomic E-state index is 12.2. The summed E-state index contributed by atoms with van der Waals surface area (Å²) >= 11 is 0. The molecule has 118 valence electrons. The van der Waals surface area contributed by atoms with Crippen LogP contribution in [0.15, 0.2) is 24.3 Å². The van der Waals surface area contributed by atoms with Crippen molar-refractivity contribution in [3.8, 4) is 5.75 Å². The fourth-order valence-corrected chi connectivity index (χ4v) is 2.12. The van der Waals surface area contributed by atoms with Crippen molar-refractivity contribution in [1.82, 2.24) is 5.32 Å². The SMILES string of the molecule is CC1(C)COC(=O)N[C@H]1c1cccc(OC(F)(F)F)c1.Cl. The number of carbonyl (C=O) groups excluding carboxylic acids is 1. The molecule has 8 heteroatoms. The van der Waals surface area contributed by atoms with Crippen molar-refractivity contribution in [3.05, 3.63) is 29.8 Å². The zero-order valence-electron chi connectivity index (χ0n) is 11.4. The van der Waals surface area contributed by atoms with Crippen LogP contribution in [-0.4, -0.2) is 19.1 Å². The van der Waals surface area contributed by atoms with Gasteiger partial charge < -0.3 is 14.8 Å². The van der Waals surface area contributed by atoms with E-state index in [0.717, 1.165) is 0 Å². The largest absolute Gasteiger partial charge is 0.573 e. The van der Waals surface area contributed by atoms with Gasteiger partial charge in [-0.25, -0.2) is 4.79 Å². The van der Waals surface area contributed by atoms with Gasteiger partial charge in [-0.3, -0.25) is 0 Å². The Morgan fingerprint density at radius 1 is 1.38 bits per heavy atom. The second-order valence-electron chi connectivity index (χ2n) is 5.26. The molecule has 4 nitrogen and oxygen atoms in total. The monoisotopic (exact) mass is 325 g/mol. The predicted octanol–water partition coefficient (Wildman–Crippen LogP) is 3.81. The van der Waals surface area contributed by atoms with Gasteiger partial charge >= 0.3 is 12.5 Å². The molecule has 0 unspecified atom stereocenters. The Hall–Kier alpha value is -1.63. The lowest BCUT2D eigenvalue weighted by molar-refractivity contribution is -0.274. The third-order valence-corrected chi connectivity index (χ3v) is 3.04. The van der Waals surface area contributed by atoms with Crippen LogP contribution in [0.3, 0.4) is 0 Å². The zero-order chi connectivity index (χ0) is 15.0. The predicted molar refractivity (Wildman–Crippen MR) is 71.4 cm³/mol. The van der Waals surface area contributed by atoms with E-state index in [2.05, 4.69) is 10.1 Å². The Morgan fingerprint density at radius 2 is 2.05 bits per heavy atom. The molecule has 0 bridgehead atoms. The van der Waals surface area contributed by atoms with Crippen molar-refractivity contribution < 1.29 is 27.4 Å². The van der Waals surface area contributed by atoms with Crippen molar-refractivity contribution >= 4 is 18.5 Å². The number of halogens is 4. The van der Waals surface area contributed by atoms with E-state index in [4.69, 9.17) is 4.74 Å². The summed E-state index contributed by atoms with van der Waals surface area (Å²) in [6.07, 6.45) is -5.33. The van der Waals surface area contributed by atoms with Gasteiger partial charge in [-0.1, -0.05) is 26.0 Å². The Morgan fingerprint density at radius 3 is 2.67 bits per heavy atom. The van der Waals surface area contributed by atoms with E-state index in [-0.39, 0.29) is 24.8 Å². The van der Waals surface area contributed by atoms with Crippen LogP contribution in [0.25, 0.3) is 0 Å². The fraction of sp³-hybridized carbons (Fsp3) is 0.462. The van der Waals surface area contributed by atoms with Crippen LogP contribution in [0.5, 0.6) is 5.75 Å². The van der Waals surface area contributed by atoms with Gasteiger partial charge in [-0.15, -0.1) is 25.6 Å². The molecule has 1 amide bonds. The van der Waals surface area contributed by atoms with Crippen LogP contribution >= 0.6 is 12.4 Å². The van der Waals surface area contributed by atoms with Crippen LogP contribution in [0.2, 0.25) is 0 Å². The molecule has 0 aromatic heterocycles. The molecule has 1 fully saturated rings. The van der Waals surface area contributed by atoms with E-state index >= 15 is 0 Å². The quantitative estimate of drug-likeness (QED) is 0.899. The van der Waals surface area contributed by atoms with E-state index in [0.29, 0.717) is 5.56 Å². The topological polar surface area (TPSA) is 47.6 Å². The van der Waals surface area contributed by atoms with Crippen molar-refractivity contribution in [1.29, 1.82) is 0 Å². The first-order valence-electron chi connectivity index (χ1n) is 5.96.